The summed E-state index contributed by atoms with van der Waals surface area (Å²) in [5.41, 5.74) is -2.15. The predicted molar refractivity (Wildman–Crippen MR) is 87.0 cm³/mol. The van der Waals surface area contributed by atoms with E-state index < -0.39 is 35.3 Å². The van der Waals surface area contributed by atoms with Crippen molar-refractivity contribution in [3.05, 3.63) is 36.0 Å². The van der Waals surface area contributed by atoms with E-state index in [0.717, 1.165) is 30.6 Å². The normalized spacial score (nSPS) is 18.8. The van der Waals surface area contributed by atoms with Crippen LogP contribution in [0, 0.1) is 5.82 Å². The second kappa shape index (κ2) is 6.04. The molecule has 0 saturated heterocycles. The lowest BCUT2D eigenvalue weighted by molar-refractivity contribution is -0.235. The minimum absolute atomic E-state index is 0.0211. The van der Waals surface area contributed by atoms with E-state index in [1.807, 2.05) is 0 Å². The average Bonchev–Trinajstić information content (AvgIpc) is 3.06. The van der Waals surface area contributed by atoms with Gasteiger partial charge in [-0.05, 0) is 32.0 Å². The maximum absolute atomic E-state index is 14.3. The smallest absolute Gasteiger partial charge is 0.427 e. The van der Waals surface area contributed by atoms with Crippen molar-refractivity contribution in [3.63, 3.8) is 0 Å². The van der Waals surface area contributed by atoms with Gasteiger partial charge in [-0.2, -0.15) is 22.8 Å². The Balaban J connectivity index is 1.66. The van der Waals surface area contributed by atoms with E-state index in [9.17, 15) is 26.3 Å². The van der Waals surface area contributed by atoms with Gasteiger partial charge < -0.3 is 4.74 Å². The van der Waals surface area contributed by atoms with Crippen molar-refractivity contribution in [2.24, 2.45) is 0 Å². The van der Waals surface area contributed by atoms with Gasteiger partial charge in [0.05, 0.1) is 11.6 Å². The summed E-state index contributed by atoms with van der Waals surface area (Å²) in [6, 6.07) is 3.79. The summed E-state index contributed by atoms with van der Waals surface area (Å²) in [7, 11) is 0. The first kappa shape index (κ1) is 19.4. The lowest BCUT2D eigenvalue weighted by atomic mass is 10.1. The van der Waals surface area contributed by atoms with Crippen molar-refractivity contribution in [2.45, 2.75) is 43.9 Å². The molecule has 6 nitrogen and oxygen atoms in total. The number of fused-ring (bicyclic) bond motifs is 1. The molecule has 154 valence electrons. The van der Waals surface area contributed by atoms with Gasteiger partial charge in [-0.1, -0.05) is 0 Å². The van der Waals surface area contributed by atoms with Crippen LogP contribution in [-0.2, 0) is 0 Å². The second-order valence-electron chi connectivity index (χ2n) is 7.19. The summed E-state index contributed by atoms with van der Waals surface area (Å²) in [6.07, 6.45) is -4.02. The molecule has 3 aromatic heterocycles. The molecule has 0 spiro atoms. The Hall–Kier alpha value is -2.92. The minimum Gasteiger partial charge on any atom is -0.460 e. The molecule has 4 rings (SSSR count). The van der Waals surface area contributed by atoms with Crippen LogP contribution in [0.3, 0.4) is 0 Å². The Labute approximate surface area is 159 Å². The quantitative estimate of drug-likeness (QED) is 0.597. The molecular formula is C17H13F6N5O. The third-order valence-electron chi connectivity index (χ3n) is 4.56. The maximum atomic E-state index is 14.3. The van der Waals surface area contributed by atoms with E-state index in [1.54, 1.807) is 0 Å². The summed E-state index contributed by atoms with van der Waals surface area (Å²) in [4.78, 5) is 3.62. The maximum Gasteiger partial charge on any atom is 0.427 e. The number of halogens is 6. The molecule has 3 heterocycles. The van der Waals surface area contributed by atoms with Crippen molar-refractivity contribution in [2.75, 3.05) is 0 Å². The fourth-order valence-electron chi connectivity index (χ4n) is 2.61. The molecule has 29 heavy (non-hydrogen) atoms. The lowest BCUT2D eigenvalue weighted by Gasteiger charge is -2.28. The summed E-state index contributed by atoms with van der Waals surface area (Å²) < 4.78 is 85.6. The number of aromatic nitrogens is 5. The summed E-state index contributed by atoms with van der Waals surface area (Å²) in [5.74, 6) is -5.94. The Bertz CT molecular complexity index is 1090. The molecule has 0 bridgehead atoms. The van der Waals surface area contributed by atoms with E-state index in [2.05, 4.69) is 25.0 Å². The lowest BCUT2D eigenvalue weighted by Crippen LogP contribution is -2.45. The van der Waals surface area contributed by atoms with Gasteiger partial charge >= 0.3 is 6.18 Å². The zero-order valence-electron chi connectivity index (χ0n) is 15.0. The summed E-state index contributed by atoms with van der Waals surface area (Å²) >= 11 is 0. The third-order valence-corrected chi connectivity index (χ3v) is 4.56. The fourth-order valence-corrected chi connectivity index (χ4v) is 2.61. The van der Waals surface area contributed by atoms with Crippen LogP contribution in [0.15, 0.2) is 24.4 Å². The fraction of sp³-hybridized carbons (Fsp3) is 0.412. The van der Waals surface area contributed by atoms with Crippen LogP contribution in [0.1, 0.15) is 32.0 Å². The van der Waals surface area contributed by atoms with Gasteiger partial charge in [0.1, 0.15) is 0 Å². The van der Waals surface area contributed by atoms with Gasteiger partial charge in [0.15, 0.2) is 22.9 Å². The predicted octanol–water partition coefficient (Wildman–Crippen LogP) is 4.17. The van der Waals surface area contributed by atoms with Gasteiger partial charge in [-0.3, -0.25) is 0 Å². The topological polar surface area (TPSA) is 65.2 Å². The van der Waals surface area contributed by atoms with Crippen LogP contribution in [0.5, 0.6) is 5.88 Å². The van der Waals surface area contributed by atoms with Crippen LogP contribution in [0.4, 0.5) is 26.3 Å². The minimum atomic E-state index is -4.73. The highest BCUT2D eigenvalue weighted by Crippen LogP contribution is 2.55. The monoisotopic (exact) mass is 417 g/mol. The molecule has 0 N–H and O–H groups in total. The molecule has 0 aliphatic heterocycles. The van der Waals surface area contributed by atoms with Gasteiger partial charge in [-0.15, -0.1) is 10.2 Å². The second-order valence-corrected chi connectivity index (χ2v) is 7.19. The summed E-state index contributed by atoms with van der Waals surface area (Å²) in [5, 5.41) is 11.7. The highest BCUT2D eigenvalue weighted by atomic mass is 19.4. The number of rotatable bonds is 4. The number of nitrogens with zero attached hydrogens (tertiary/aromatic N) is 5. The molecule has 0 unspecified atom stereocenters. The van der Waals surface area contributed by atoms with E-state index in [0.29, 0.717) is 0 Å². The number of ether oxygens (including phenoxy) is 1. The molecule has 0 radical (unpaired) electrons. The molecule has 0 amide bonds. The van der Waals surface area contributed by atoms with Crippen LogP contribution in [0.25, 0.3) is 16.9 Å². The van der Waals surface area contributed by atoms with E-state index >= 15 is 0 Å². The largest absolute Gasteiger partial charge is 0.460 e. The Morgan fingerprint density at radius 2 is 1.86 bits per heavy atom. The molecule has 3 aromatic rings. The first-order valence-electron chi connectivity index (χ1n) is 8.41. The third kappa shape index (κ3) is 3.36. The summed E-state index contributed by atoms with van der Waals surface area (Å²) in [6.45, 7) is 1.50. The van der Waals surface area contributed by atoms with Crippen molar-refractivity contribution >= 4 is 5.65 Å². The van der Waals surface area contributed by atoms with Crippen molar-refractivity contribution in [1.29, 1.82) is 0 Å². The molecule has 1 aliphatic carbocycles. The highest BCUT2D eigenvalue weighted by Gasteiger charge is 2.60. The molecule has 1 saturated carbocycles. The molecule has 12 heteroatoms. The average molecular weight is 417 g/mol. The number of alkyl halides is 5. The standard InChI is InChI=1S/C17H13F6N5O/c1-15(2,17(21,22)23)29-14-10(18)5-8(7-24-14)11-3-4-12-25-26-13(28(12)27-11)9-6-16(9,19)20/h3-5,7,9H,6H2,1-2H3/t9-/m1/s1. The van der Waals surface area contributed by atoms with Crippen LogP contribution >= 0.6 is 0 Å². The Morgan fingerprint density at radius 1 is 1.17 bits per heavy atom. The van der Waals surface area contributed by atoms with E-state index in [4.69, 9.17) is 0 Å². The number of hydrogen-bond donors (Lipinski definition) is 0. The molecule has 0 aromatic carbocycles. The van der Waals surface area contributed by atoms with Crippen molar-refractivity contribution in [3.8, 4) is 17.1 Å². The molecule has 1 atom stereocenters. The zero-order chi connectivity index (χ0) is 21.2. The van der Waals surface area contributed by atoms with Crippen LogP contribution < -0.4 is 4.74 Å². The SMILES string of the molecule is CC(C)(Oc1ncc(-c2ccc3nnc([C@H]4CC4(F)F)n3n2)cc1F)C(F)(F)F. The van der Waals surface area contributed by atoms with Gasteiger partial charge in [0.2, 0.25) is 0 Å². The van der Waals surface area contributed by atoms with Crippen molar-refractivity contribution < 1.29 is 31.1 Å². The van der Waals surface area contributed by atoms with E-state index in [1.165, 1.54) is 12.1 Å². The first-order chi connectivity index (χ1) is 13.4. The molecular weight excluding hydrogens is 404 g/mol. The molecule has 1 fully saturated rings. The van der Waals surface area contributed by atoms with Gasteiger partial charge in [0.25, 0.3) is 11.8 Å². The Kier molecular flexibility index (Phi) is 4.04. The van der Waals surface area contributed by atoms with Crippen molar-refractivity contribution in [1.82, 2.24) is 24.8 Å². The number of hydrogen-bond acceptors (Lipinski definition) is 5. The zero-order valence-corrected chi connectivity index (χ0v) is 15.0. The van der Waals surface area contributed by atoms with E-state index in [-0.39, 0.29) is 29.1 Å². The highest BCUT2D eigenvalue weighted by molar-refractivity contribution is 5.60. The van der Waals surface area contributed by atoms with Crippen LogP contribution in [0.2, 0.25) is 0 Å². The van der Waals surface area contributed by atoms with Gasteiger partial charge in [0, 0.05) is 18.2 Å². The van der Waals surface area contributed by atoms with Crippen LogP contribution in [-0.4, -0.2) is 42.5 Å². The van der Waals surface area contributed by atoms with Gasteiger partial charge in [-0.25, -0.2) is 18.2 Å². The molecule has 1 aliphatic rings. The number of pyridine rings is 1. The Morgan fingerprint density at radius 3 is 2.45 bits per heavy atom. The first-order valence-corrected chi connectivity index (χ1v) is 8.41.